The third-order valence-electron chi connectivity index (χ3n) is 2.02. The number of aliphatic hydroxyl groups excluding tert-OH is 2. The average Bonchev–Trinajstić information content (AvgIpc) is 2.21. The number of aromatic hydroxyl groups is 1. The van der Waals surface area contributed by atoms with Crippen molar-refractivity contribution in [2.75, 3.05) is 31.2 Å². The van der Waals surface area contributed by atoms with Gasteiger partial charge in [-0.15, -0.1) is 0 Å². The molecule has 0 aliphatic rings. The number of hydrogen-bond donors (Lipinski definition) is 3. The Bertz CT molecular complexity index is 314. The second kappa shape index (κ2) is 5.95. The molecule has 0 spiro atoms. The van der Waals surface area contributed by atoms with Gasteiger partial charge in [0.1, 0.15) is 5.75 Å². The van der Waals surface area contributed by atoms with Crippen LogP contribution in [-0.2, 0) is 0 Å². The molecule has 0 atom stereocenters. The maximum Gasteiger partial charge on any atom is 0.138 e. The van der Waals surface area contributed by atoms with E-state index in [0.29, 0.717) is 18.8 Å². The SMILES string of the molecule is OCCN(CCO)c1cc(Br)ccc1O. The van der Waals surface area contributed by atoms with Gasteiger partial charge in [0.2, 0.25) is 0 Å². The van der Waals surface area contributed by atoms with Crippen LogP contribution in [-0.4, -0.2) is 41.6 Å². The third-order valence-corrected chi connectivity index (χ3v) is 2.51. The number of benzene rings is 1. The molecule has 5 heteroatoms. The summed E-state index contributed by atoms with van der Waals surface area (Å²) in [7, 11) is 0. The number of halogens is 1. The van der Waals surface area contributed by atoms with Crippen molar-refractivity contribution >= 4 is 21.6 Å². The monoisotopic (exact) mass is 275 g/mol. The minimum atomic E-state index is -0.0219. The Morgan fingerprint density at radius 1 is 1.13 bits per heavy atom. The van der Waals surface area contributed by atoms with Crippen molar-refractivity contribution < 1.29 is 15.3 Å². The second-order valence-corrected chi connectivity index (χ2v) is 3.98. The van der Waals surface area contributed by atoms with Crippen molar-refractivity contribution in [1.82, 2.24) is 0 Å². The van der Waals surface area contributed by atoms with Crippen LogP contribution in [0.4, 0.5) is 5.69 Å². The van der Waals surface area contributed by atoms with Crippen LogP contribution in [0.3, 0.4) is 0 Å². The Labute approximate surface area is 96.9 Å². The molecule has 0 amide bonds. The van der Waals surface area contributed by atoms with Gasteiger partial charge < -0.3 is 20.2 Å². The molecule has 4 nitrogen and oxygen atoms in total. The van der Waals surface area contributed by atoms with Crippen molar-refractivity contribution in [3.8, 4) is 5.75 Å². The summed E-state index contributed by atoms with van der Waals surface area (Å²) in [6.07, 6.45) is 0. The van der Waals surface area contributed by atoms with Gasteiger partial charge in [0.15, 0.2) is 0 Å². The van der Waals surface area contributed by atoms with Crippen LogP contribution in [0.15, 0.2) is 22.7 Å². The highest BCUT2D eigenvalue weighted by atomic mass is 79.9. The van der Waals surface area contributed by atoms with Gasteiger partial charge >= 0.3 is 0 Å². The molecule has 0 heterocycles. The Morgan fingerprint density at radius 2 is 1.73 bits per heavy atom. The zero-order chi connectivity index (χ0) is 11.3. The highest BCUT2D eigenvalue weighted by Gasteiger charge is 2.10. The normalized spacial score (nSPS) is 10.3. The maximum atomic E-state index is 9.63. The van der Waals surface area contributed by atoms with Crippen molar-refractivity contribution in [2.24, 2.45) is 0 Å². The highest BCUT2D eigenvalue weighted by Crippen LogP contribution is 2.30. The number of anilines is 1. The molecule has 84 valence electrons. The van der Waals surface area contributed by atoms with Crippen LogP contribution < -0.4 is 4.90 Å². The zero-order valence-corrected chi connectivity index (χ0v) is 9.81. The van der Waals surface area contributed by atoms with Crippen LogP contribution in [0, 0.1) is 0 Å². The predicted molar refractivity (Wildman–Crippen MR) is 62.2 cm³/mol. The molecular weight excluding hydrogens is 262 g/mol. The topological polar surface area (TPSA) is 63.9 Å². The van der Waals surface area contributed by atoms with E-state index < -0.39 is 0 Å². The average molecular weight is 276 g/mol. The molecule has 0 aliphatic heterocycles. The molecule has 0 aromatic heterocycles. The molecule has 1 aromatic carbocycles. The standard InChI is InChI=1S/C10H14BrNO3/c11-8-1-2-10(15)9(7-8)12(3-5-13)4-6-14/h1-2,7,13-15H,3-6H2. The van der Waals surface area contributed by atoms with Gasteiger partial charge in [0.05, 0.1) is 18.9 Å². The first-order valence-corrected chi connectivity index (χ1v) is 5.43. The summed E-state index contributed by atoms with van der Waals surface area (Å²) >= 11 is 3.30. The first-order chi connectivity index (χ1) is 7.19. The van der Waals surface area contributed by atoms with E-state index in [0.717, 1.165) is 4.47 Å². The van der Waals surface area contributed by atoms with Crippen molar-refractivity contribution in [2.45, 2.75) is 0 Å². The molecule has 0 aliphatic carbocycles. The van der Waals surface area contributed by atoms with Crippen LogP contribution in [0.2, 0.25) is 0 Å². The van der Waals surface area contributed by atoms with Gasteiger partial charge in [-0.3, -0.25) is 0 Å². The molecule has 0 fully saturated rings. The Hall–Kier alpha value is -0.780. The Kier molecular flexibility index (Phi) is 4.87. The van der Waals surface area contributed by atoms with Crippen LogP contribution in [0.5, 0.6) is 5.75 Å². The predicted octanol–water partition coefficient (Wildman–Crippen LogP) is 0.946. The van der Waals surface area contributed by atoms with E-state index in [2.05, 4.69) is 15.9 Å². The fraction of sp³-hybridized carbons (Fsp3) is 0.400. The highest BCUT2D eigenvalue weighted by molar-refractivity contribution is 9.10. The molecule has 15 heavy (non-hydrogen) atoms. The third kappa shape index (κ3) is 3.37. The van der Waals surface area contributed by atoms with Crippen LogP contribution in [0.25, 0.3) is 0 Å². The molecule has 0 unspecified atom stereocenters. The summed E-state index contributed by atoms with van der Waals surface area (Å²) in [6.45, 7) is 0.715. The summed E-state index contributed by atoms with van der Waals surface area (Å²) in [5, 5.41) is 27.4. The lowest BCUT2D eigenvalue weighted by molar-refractivity contribution is 0.280. The fourth-order valence-corrected chi connectivity index (χ4v) is 1.69. The first-order valence-electron chi connectivity index (χ1n) is 4.64. The molecular formula is C10H14BrNO3. The first kappa shape index (κ1) is 12.3. The number of phenolic OH excluding ortho intramolecular Hbond substituents is 1. The van der Waals surface area contributed by atoms with Crippen molar-refractivity contribution in [3.63, 3.8) is 0 Å². The van der Waals surface area contributed by atoms with E-state index in [1.165, 1.54) is 0 Å². The number of nitrogens with zero attached hydrogens (tertiary/aromatic N) is 1. The van der Waals surface area contributed by atoms with E-state index >= 15 is 0 Å². The van der Waals surface area contributed by atoms with Crippen molar-refractivity contribution in [3.05, 3.63) is 22.7 Å². The lowest BCUT2D eigenvalue weighted by atomic mass is 10.2. The fourth-order valence-electron chi connectivity index (χ4n) is 1.34. The largest absolute Gasteiger partial charge is 0.506 e. The number of rotatable bonds is 5. The Morgan fingerprint density at radius 3 is 2.27 bits per heavy atom. The number of phenols is 1. The lowest BCUT2D eigenvalue weighted by Crippen LogP contribution is -2.29. The Balaban J connectivity index is 2.93. The van der Waals surface area contributed by atoms with E-state index in [9.17, 15) is 5.11 Å². The maximum absolute atomic E-state index is 9.63. The van der Waals surface area contributed by atoms with Gasteiger partial charge in [-0.1, -0.05) is 15.9 Å². The molecule has 0 bridgehead atoms. The summed E-state index contributed by atoms with van der Waals surface area (Å²) in [6, 6.07) is 5.05. The lowest BCUT2D eigenvalue weighted by Gasteiger charge is -2.23. The second-order valence-electron chi connectivity index (χ2n) is 3.07. The summed E-state index contributed by atoms with van der Waals surface area (Å²) in [5.74, 6) is 0.139. The van der Waals surface area contributed by atoms with Gasteiger partial charge in [-0.2, -0.15) is 0 Å². The van der Waals surface area contributed by atoms with Crippen molar-refractivity contribution in [1.29, 1.82) is 0 Å². The van der Waals surface area contributed by atoms with E-state index in [-0.39, 0.29) is 19.0 Å². The van der Waals surface area contributed by atoms with Gasteiger partial charge in [0.25, 0.3) is 0 Å². The molecule has 3 N–H and O–H groups in total. The zero-order valence-electron chi connectivity index (χ0n) is 8.23. The van der Waals surface area contributed by atoms with Gasteiger partial charge in [-0.25, -0.2) is 0 Å². The minimum Gasteiger partial charge on any atom is -0.506 e. The summed E-state index contributed by atoms with van der Waals surface area (Å²) in [5.41, 5.74) is 0.604. The summed E-state index contributed by atoms with van der Waals surface area (Å²) < 4.78 is 0.844. The van der Waals surface area contributed by atoms with Crippen LogP contribution in [0.1, 0.15) is 0 Å². The molecule has 0 saturated heterocycles. The van der Waals surface area contributed by atoms with E-state index in [1.54, 1.807) is 23.1 Å². The van der Waals surface area contributed by atoms with Gasteiger partial charge in [-0.05, 0) is 18.2 Å². The molecule has 1 rings (SSSR count). The van der Waals surface area contributed by atoms with Gasteiger partial charge in [0, 0.05) is 17.6 Å². The number of hydrogen-bond acceptors (Lipinski definition) is 4. The molecule has 0 radical (unpaired) electrons. The van der Waals surface area contributed by atoms with E-state index in [1.807, 2.05) is 0 Å². The molecule has 1 aromatic rings. The number of aliphatic hydroxyl groups is 2. The van der Waals surface area contributed by atoms with E-state index in [4.69, 9.17) is 10.2 Å². The van der Waals surface area contributed by atoms with Crippen LogP contribution >= 0.6 is 15.9 Å². The minimum absolute atomic E-state index is 0.0219. The summed E-state index contributed by atoms with van der Waals surface area (Å²) in [4.78, 5) is 1.72. The quantitative estimate of drug-likeness (QED) is 0.749. The smallest absolute Gasteiger partial charge is 0.138 e. The molecule has 0 saturated carbocycles.